The monoisotopic (exact) mass is 161 g/mol. The van der Waals surface area contributed by atoms with Crippen molar-refractivity contribution in [2.75, 3.05) is 0 Å². The maximum absolute atomic E-state index is 10.8. The second-order valence-corrected chi connectivity index (χ2v) is 2.49. The molecular weight excluding hydrogens is 150 g/mol. The van der Waals surface area contributed by atoms with Crippen LogP contribution < -0.4 is 5.73 Å². The molecular formula is C10H11NO. The number of primary amides is 1. The minimum atomic E-state index is -0.388. The van der Waals surface area contributed by atoms with E-state index in [-0.39, 0.29) is 5.91 Å². The Bertz CT molecular complexity index is 315. The largest absolute Gasteiger partial charge is 0.366 e. The highest BCUT2D eigenvalue weighted by Gasteiger charge is 1.98. The lowest BCUT2D eigenvalue weighted by Crippen LogP contribution is -2.10. The van der Waals surface area contributed by atoms with Crippen LogP contribution in [0.5, 0.6) is 0 Å². The summed E-state index contributed by atoms with van der Waals surface area (Å²) in [5.41, 5.74) is 6.66. The minimum Gasteiger partial charge on any atom is -0.366 e. The van der Waals surface area contributed by atoms with Gasteiger partial charge in [-0.1, -0.05) is 24.3 Å². The first-order chi connectivity index (χ1) is 5.74. The molecule has 0 saturated heterocycles. The van der Waals surface area contributed by atoms with Crippen LogP contribution in [0, 0.1) is 0 Å². The van der Waals surface area contributed by atoms with Crippen LogP contribution in [0.1, 0.15) is 22.8 Å². The maximum Gasteiger partial charge on any atom is 0.248 e. The van der Waals surface area contributed by atoms with Gasteiger partial charge in [0.2, 0.25) is 5.91 Å². The van der Waals surface area contributed by atoms with Crippen molar-refractivity contribution in [1.29, 1.82) is 0 Å². The second-order valence-electron chi connectivity index (χ2n) is 2.49. The molecule has 1 rings (SSSR count). The van der Waals surface area contributed by atoms with Gasteiger partial charge in [0.1, 0.15) is 0 Å². The molecule has 0 fully saturated rings. The molecule has 2 nitrogen and oxygen atoms in total. The summed E-state index contributed by atoms with van der Waals surface area (Å²) in [7, 11) is 0. The van der Waals surface area contributed by atoms with Gasteiger partial charge in [-0.05, 0) is 24.6 Å². The number of allylic oxidation sites excluding steroid dienone is 1. The van der Waals surface area contributed by atoms with E-state index in [1.54, 1.807) is 12.1 Å². The molecule has 0 aliphatic heterocycles. The van der Waals surface area contributed by atoms with Gasteiger partial charge in [-0.3, -0.25) is 4.79 Å². The lowest BCUT2D eigenvalue weighted by molar-refractivity contribution is 0.100. The Morgan fingerprint density at radius 1 is 1.50 bits per heavy atom. The molecule has 62 valence electrons. The summed E-state index contributed by atoms with van der Waals surface area (Å²) in [6, 6.07) is 7.21. The fourth-order valence-corrected chi connectivity index (χ4v) is 0.988. The molecule has 1 aromatic rings. The molecule has 0 atom stereocenters. The van der Waals surface area contributed by atoms with E-state index in [1.165, 1.54) is 0 Å². The molecule has 0 saturated carbocycles. The molecule has 0 aromatic heterocycles. The smallest absolute Gasteiger partial charge is 0.248 e. The van der Waals surface area contributed by atoms with Gasteiger partial charge in [0, 0.05) is 5.56 Å². The third-order valence-electron chi connectivity index (χ3n) is 1.53. The normalized spacial score (nSPS) is 10.4. The Labute approximate surface area is 71.7 Å². The van der Waals surface area contributed by atoms with Crippen LogP contribution in [0.15, 0.2) is 30.3 Å². The number of carbonyl (C=O) groups excluding carboxylic acids is 1. The summed E-state index contributed by atoms with van der Waals surface area (Å²) in [5.74, 6) is -0.388. The third kappa shape index (κ3) is 1.95. The number of nitrogens with two attached hydrogens (primary N) is 1. The van der Waals surface area contributed by atoms with Crippen molar-refractivity contribution in [3.63, 3.8) is 0 Å². The Morgan fingerprint density at radius 2 is 2.25 bits per heavy atom. The van der Waals surface area contributed by atoms with E-state index in [9.17, 15) is 4.79 Å². The minimum absolute atomic E-state index is 0.388. The van der Waals surface area contributed by atoms with E-state index < -0.39 is 0 Å². The summed E-state index contributed by atoms with van der Waals surface area (Å²) in [4.78, 5) is 10.8. The van der Waals surface area contributed by atoms with Crippen LogP contribution in [0.2, 0.25) is 0 Å². The first-order valence-electron chi connectivity index (χ1n) is 3.76. The topological polar surface area (TPSA) is 43.1 Å². The highest BCUT2D eigenvalue weighted by atomic mass is 16.1. The Kier molecular flexibility index (Phi) is 2.64. The van der Waals surface area contributed by atoms with Gasteiger partial charge in [-0.25, -0.2) is 0 Å². The number of hydrogen-bond acceptors (Lipinski definition) is 1. The van der Waals surface area contributed by atoms with Crippen LogP contribution in [0.25, 0.3) is 6.08 Å². The lowest BCUT2D eigenvalue weighted by Gasteiger charge is -1.96. The molecule has 0 radical (unpaired) electrons. The first-order valence-corrected chi connectivity index (χ1v) is 3.76. The van der Waals surface area contributed by atoms with Gasteiger partial charge in [0.05, 0.1) is 0 Å². The number of amides is 1. The van der Waals surface area contributed by atoms with Crippen molar-refractivity contribution < 1.29 is 4.79 Å². The van der Waals surface area contributed by atoms with Crippen molar-refractivity contribution in [1.82, 2.24) is 0 Å². The average molecular weight is 161 g/mol. The van der Waals surface area contributed by atoms with Crippen molar-refractivity contribution in [3.05, 3.63) is 41.5 Å². The predicted molar refractivity (Wildman–Crippen MR) is 49.7 cm³/mol. The van der Waals surface area contributed by atoms with E-state index in [4.69, 9.17) is 5.73 Å². The molecule has 0 spiro atoms. The Balaban J connectivity index is 3.03. The second kappa shape index (κ2) is 3.72. The zero-order chi connectivity index (χ0) is 8.97. The standard InChI is InChI=1S/C10H11NO/c1-2-4-8-5-3-6-9(7-8)10(11)12/h2-7H,1H3,(H2,11,12)/b4-2+. The summed E-state index contributed by atoms with van der Waals surface area (Å²) >= 11 is 0. The Hall–Kier alpha value is -1.57. The third-order valence-corrected chi connectivity index (χ3v) is 1.53. The number of hydrogen-bond donors (Lipinski definition) is 1. The fraction of sp³-hybridized carbons (Fsp3) is 0.100. The van der Waals surface area contributed by atoms with Gasteiger partial charge in [0.25, 0.3) is 0 Å². The molecule has 2 N–H and O–H groups in total. The van der Waals surface area contributed by atoms with Gasteiger partial charge in [0.15, 0.2) is 0 Å². The van der Waals surface area contributed by atoms with E-state index in [0.29, 0.717) is 5.56 Å². The van der Waals surface area contributed by atoms with E-state index >= 15 is 0 Å². The number of carbonyl (C=O) groups is 1. The summed E-state index contributed by atoms with van der Waals surface area (Å²) in [5, 5.41) is 0. The van der Waals surface area contributed by atoms with Crippen molar-refractivity contribution in [3.8, 4) is 0 Å². The SMILES string of the molecule is C/C=C/c1cccc(C(N)=O)c1. The summed E-state index contributed by atoms with van der Waals surface area (Å²) in [6.45, 7) is 1.93. The van der Waals surface area contributed by atoms with Gasteiger partial charge >= 0.3 is 0 Å². The lowest BCUT2D eigenvalue weighted by atomic mass is 10.1. The first kappa shape index (κ1) is 8.53. The average Bonchev–Trinajstić information content (AvgIpc) is 2.05. The van der Waals surface area contributed by atoms with Crippen molar-refractivity contribution in [2.24, 2.45) is 5.73 Å². The van der Waals surface area contributed by atoms with Gasteiger partial charge in [-0.2, -0.15) is 0 Å². The van der Waals surface area contributed by atoms with E-state index in [0.717, 1.165) is 5.56 Å². The zero-order valence-corrected chi connectivity index (χ0v) is 6.95. The van der Waals surface area contributed by atoms with Crippen molar-refractivity contribution >= 4 is 12.0 Å². The van der Waals surface area contributed by atoms with Crippen LogP contribution in [-0.2, 0) is 0 Å². The number of rotatable bonds is 2. The van der Waals surface area contributed by atoms with E-state index in [1.807, 2.05) is 31.2 Å². The molecule has 0 aliphatic rings. The fourth-order valence-electron chi connectivity index (χ4n) is 0.988. The molecule has 0 unspecified atom stereocenters. The van der Waals surface area contributed by atoms with Crippen molar-refractivity contribution in [2.45, 2.75) is 6.92 Å². The number of benzene rings is 1. The maximum atomic E-state index is 10.8. The zero-order valence-electron chi connectivity index (χ0n) is 6.95. The molecule has 0 heterocycles. The molecule has 2 heteroatoms. The molecule has 1 aromatic carbocycles. The molecule has 0 aliphatic carbocycles. The quantitative estimate of drug-likeness (QED) is 0.706. The van der Waals surface area contributed by atoms with Crippen LogP contribution in [-0.4, -0.2) is 5.91 Å². The van der Waals surface area contributed by atoms with Gasteiger partial charge < -0.3 is 5.73 Å². The van der Waals surface area contributed by atoms with Gasteiger partial charge in [-0.15, -0.1) is 0 Å². The highest BCUT2D eigenvalue weighted by Crippen LogP contribution is 2.05. The van der Waals surface area contributed by atoms with E-state index in [2.05, 4.69) is 0 Å². The summed E-state index contributed by atoms with van der Waals surface area (Å²) < 4.78 is 0. The van der Waals surface area contributed by atoms with Crippen LogP contribution >= 0.6 is 0 Å². The summed E-state index contributed by atoms with van der Waals surface area (Å²) in [6.07, 6.45) is 3.84. The van der Waals surface area contributed by atoms with Crippen LogP contribution in [0.3, 0.4) is 0 Å². The predicted octanol–water partition coefficient (Wildman–Crippen LogP) is 1.82. The van der Waals surface area contributed by atoms with Crippen LogP contribution in [0.4, 0.5) is 0 Å². The Morgan fingerprint density at radius 3 is 2.83 bits per heavy atom. The highest BCUT2D eigenvalue weighted by molar-refractivity contribution is 5.93. The molecule has 1 amide bonds. The molecule has 12 heavy (non-hydrogen) atoms. The molecule has 0 bridgehead atoms.